The predicted octanol–water partition coefficient (Wildman–Crippen LogP) is 2.57. The van der Waals surface area contributed by atoms with Crippen molar-refractivity contribution < 1.29 is 13.9 Å². The smallest absolute Gasteiger partial charge is 0.330 e. The van der Waals surface area contributed by atoms with Gasteiger partial charge in [0.15, 0.2) is 0 Å². The van der Waals surface area contributed by atoms with E-state index in [1.807, 2.05) is 0 Å². The summed E-state index contributed by atoms with van der Waals surface area (Å²) in [4.78, 5) is 10.7. The molecule has 15 heavy (non-hydrogen) atoms. The normalized spacial score (nSPS) is 11.1. The molecule has 0 aliphatic rings. The average Bonchev–Trinajstić information content (AvgIpc) is 2.26. The molecule has 0 atom stereocenters. The Kier molecular flexibility index (Phi) is 4.29. The van der Waals surface area contributed by atoms with Gasteiger partial charge in [-0.2, -0.15) is 0 Å². The van der Waals surface area contributed by atoms with Crippen LogP contribution in [0.1, 0.15) is 5.56 Å². The molecule has 0 amide bonds. The van der Waals surface area contributed by atoms with Gasteiger partial charge in [0.05, 0.1) is 7.11 Å². The van der Waals surface area contributed by atoms with Crippen molar-refractivity contribution in [2.45, 2.75) is 0 Å². The van der Waals surface area contributed by atoms with E-state index >= 15 is 0 Å². The lowest BCUT2D eigenvalue weighted by atomic mass is 10.2. The van der Waals surface area contributed by atoms with Crippen molar-refractivity contribution in [1.82, 2.24) is 0 Å². The Hall–Kier alpha value is -1.90. The predicted molar refractivity (Wildman–Crippen MR) is 56.6 cm³/mol. The first-order valence-corrected chi connectivity index (χ1v) is 4.40. The van der Waals surface area contributed by atoms with Crippen molar-refractivity contribution in [3.05, 3.63) is 53.9 Å². The van der Waals surface area contributed by atoms with Gasteiger partial charge in [-0.1, -0.05) is 30.4 Å². The number of hydrogen-bond donors (Lipinski definition) is 0. The maximum absolute atomic E-state index is 12.5. The minimum Gasteiger partial charge on any atom is -0.466 e. The summed E-state index contributed by atoms with van der Waals surface area (Å²) in [5, 5.41) is 0. The second-order valence-corrected chi connectivity index (χ2v) is 2.79. The Labute approximate surface area is 87.7 Å². The van der Waals surface area contributed by atoms with Gasteiger partial charge in [-0.05, 0) is 17.7 Å². The monoisotopic (exact) mass is 206 g/mol. The van der Waals surface area contributed by atoms with Gasteiger partial charge in [0.25, 0.3) is 0 Å². The molecule has 0 saturated heterocycles. The Morgan fingerprint density at radius 2 is 1.93 bits per heavy atom. The van der Waals surface area contributed by atoms with Crippen LogP contribution in [0.5, 0.6) is 0 Å². The number of carbonyl (C=O) groups excluding carboxylic acids is 1. The second-order valence-electron chi connectivity index (χ2n) is 2.79. The first kappa shape index (κ1) is 11.2. The molecule has 0 heterocycles. The lowest BCUT2D eigenvalue weighted by Crippen LogP contribution is -1.92. The third-order valence-electron chi connectivity index (χ3n) is 1.70. The van der Waals surface area contributed by atoms with Crippen LogP contribution in [0, 0.1) is 5.82 Å². The third-order valence-corrected chi connectivity index (χ3v) is 1.70. The number of allylic oxidation sites excluding steroid dienone is 2. The molecule has 0 aromatic heterocycles. The molecule has 0 saturated carbocycles. The van der Waals surface area contributed by atoms with Gasteiger partial charge >= 0.3 is 5.97 Å². The molecule has 78 valence electrons. The van der Waals surface area contributed by atoms with E-state index in [4.69, 9.17) is 0 Å². The zero-order valence-corrected chi connectivity index (χ0v) is 8.31. The van der Waals surface area contributed by atoms with Crippen molar-refractivity contribution in [2.75, 3.05) is 7.11 Å². The number of halogens is 1. The average molecular weight is 206 g/mol. The van der Waals surface area contributed by atoms with Crippen LogP contribution in [0.3, 0.4) is 0 Å². The summed E-state index contributed by atoms with van der Waals surface area (Å²) in [5.41, 5.74) is 0.867. The lowest BCUT2D eigenvalue weighted by molar-refractivity contribution is -0.134. The Morgan fingerprint density at radius 3 is 2.53 bits per heavy atom. The molecule has 0 fully saturated rings. The Morgan fingerprint density at radius 1 is 1.27 bits per heavy atom. The van der Waals surface area contributed by atoms with Crippen LogP contribution in [0.25, 0.3) is 6.08 Å². The van der Waals surface area contributed by atoms with E-state index in [2.05, 4.69) is 4.74 Å². The molecular formula is C12H11FO2. The van der Waals surface area contributed by atoms with Crippen molar-refractivity contribution in [1.29, 1.82) is 0 Å². The second kappa shape index (κ2) is 5.75. The molecule has 1 aromatic carbocycles. The van der Waals surface area contributed by atoms with Crippen molar-refractivity contribution in [3.8, 4) is 0 Å². The molecule has 0 radical (unpaired) electrons. The van der Waals surface area contributed by atoms with Gasteiger partial charge in [-0.15, -0.1) is 0 Å². The highest BCUT2D eigenvalue weighted by Crippen LogP contribution is 2.04. The third kappa shape index (κ3) is 4.22. The summed E-state index contributed by atoms with van der Waals surface area (Å²) < 4.78 is 16.9. The van der Waals surface area contributed by atoms with Crippen molar-refractivity contribution >= 4 is 12.0 Å². The van der Waals surface area contributed by atoms with E-state index in [9.17, 15) is 9.18 Å². The van der Waals surface area contributed by atoms with Crippen LogP contribution < -0.4 is 0 Å². The van der Waals surface area contributed by atoms with Gasteiger partial charge in [-0.3, -0.25) is 0 Å². The molecule has 1 rings (SSSR count). The van der Waals surface area contributed by atoms with Crippen LogP contribution >= 0.6 is 0 Å². The molecule has 2 nitrogen and oxygen atoms in total. The zero-order chi connectivity index (χ0) is 11.1. The summed E-state index contributed by atoms with van der Waals surface area (Å²) in [6.45, 7) is 0. The summed E-state index contributed by atoms with van der Waals surface area (Å²) >= 11 is 0. The van der Waals surface area contributed by atoms with E-state index in [-0.39, 0.29) is 5.82 Å². The molecule has 1 aromatic rings. The first-order chi connectivity index (χ1) is 7.22. The fraction of sp³-hybridized carbons (Fsp3) is 0.0833. The maximum Gasteiger partial charge on any atom is 0.330 e. The van der Waals surface area contributed by atoms with Gasteiger partial charge in [-0.25, -0.2) is 9.18 Å². The molecule has 3 heteroatoms. The quantitative estimate of drug-likeness (QED) is 0.431. The fourth-order valence-electron chi connectivity index (χ4n) is 0.943. The number of ether oxygens (including phenoxy) is 1. The molecular weight excluding hydrogens is 195 g/mol. The Balaban J connectivity index is 2.55. The standard InChI is InChI=1S/C12H11FO2/c1-15-12(14)5-3-2-4-10-6-8-11(13)9-7-10/h2-9H,1H3. The van der Waals surface area contributed by atoms with Crippen LogP contribution in [-0.4, -0.2) is 13.1 Å². The SMILES string of the molecule is COC(=O)C=CC=Cc1ccc(F)cc1. The number of benzene rings is 1. The highest BCUT2D eigenvalue weighted by molar-refractivity contribution is 5.82. The van der Waals surface area contributed by atoms with Crippen LogP contribution in [0.2, 0.25) is 0 Å². The summed E-state index contributed by atoms with van der Waals surface area (Å²) in [6.07, 6.45) is 6.32. The van der Waals surface area contributed by atoms with E-state index in [0.717, 1.165) is 5.56 Å². The number of methoxy groups -OCH3 is 1. The van der Waals surface area contributed by atoms with E-state index in [1.165, 1.54) is 25.3 Å². The van der Waals surface area contributed by atoms with Crippen molar-refractivity contribution in [3.63, 3.8) is 0 Å². The number of hydrogen-bond acceptors (Lipinski definition) is 2. The number of esters is 1. The molecule has 0 bridgehead atoms. The zero-order valence-electron chi connectivity index (χ0n) is 8.31. The molecule has 0 aliphatic carbocycles. The summed E-state index contributed by atoms with van der Waals surface area (Å²) in [6, 6.07) is 6.06. The van der Waals surface area contributed by atoms with E-state index < -0.39 is 5.97 Å². The van der Waals surface area contributed by atoms with Gasteiger partial charge in [0.1, 0.15) is 5.82 Å². The maximum atomic E-state index is 12.5. The highest BCUT2D eigenvalue weighted by atomic mass is 19.1. The molecule has 0 N–H and O–H groups in total. The van der Waals surface area contributed by atoms with E-state index in [0.29, 0.717) is 0 Å². The lowest BCUT2D eigenvalue weighted by Gasteiger charge is -1.91. The van der Waals surface area contributed by atoms with Crippen LogP contribution in [0.15, 0.2) is 42.5 Å². The van der Waals surface area contributed by atoms with Crippen LogP contribution in [0.4, 0.5) is 4.39 Å². The van der Waals surface area contributed by atoms with Gasteiger partial charge in [0.2, 0.25) is 0 Å². The van der Waals surface area contributed by atoms with Gasteiger partial charge in [0, 0.05) is 6.08 Å². The van der Waals surface area contributed by atoms with Crippen LogP contribution in [-0.2, 0) is 9.53 Å². The van der Waals surface area contributed by atoms with Gasteiger partial charge < -0.3 is 4.74 Å². The highest BCUT2D eigenvalue weighted by Gasteiger charge is 1.88. The topological polar surface area (TPSA) is 26.3 Å². The summed E-state index contributed by atoms with van der Waals surface area (Å²) in [5.74, 6) is -0.670. The number of carbonyl (C=O) groups is 1. The fourth-order valence-corrected chi connectivity index (χ4v) is 0.943. The largest absolute Gasteiger partial charge is 0.466 e. The molecule has 0 spiro atoms. The molecule has 0 aliphatic heterocycles. The first-order valence-electron chi connectivity index (χ1n) is 4.40. The van der Waals surface area contributed by atoms with E-state index in [1.54, 1.807) is 30.4 Å². The van der Waals surface area contributed by atoms with Crippen molar-refractivity contribution in [2.24, 2.45) is 0 Å². The minimum atomic E-state index is -0.404. The summed E-state index contributed by atoms with van der Waals surface area (Å²) in [7, 11) is 1.32. The number of rotatable bonds is 3. The molecule has 0 unspecified atom stereocenters. The minimum absolute atomic E-state index is 0.266. The Bertz CT molecular complexity index is 377.